The summed E-state index contributed by atoms with van der Waals surface area (Å²) in [6, 6.07) is 12.6. The summed E-state index contributed by atoms with van der Waals surface area (Å²) in [6.07, 6.45) is 0.183. The van der Waals surface area contributed by atoms with Crippen molar-refractivity contribution in [2.45, 2.75) is 13.3 Å². The van der Waals surface area contributed by atoms with E-state index in [9.17, 15) is 9.59 Å². The zero-order chi connectivity index (χ0) is 18.0. The van der Waals surface area contributed by atoms with Gasteiger partial charge in [0.1, 0.15) is 5.75 Å². The van der Waals surface area contributed by atoms with Crippen LogP contribution in [0.5, 0.6) is 5.75 Å². The Kier molecular flexibility index (Phi) is 4.95. The molecule has 3 rings (SSSR count). The van der Waals surface area contributed by atoms with Gasteiger partial charge in [-0.25, -0.2) is 0 Å². The molecule has 1 fully saturated rings. The fraction of sp³-hybridized carbons (Fsp3) is 0.263. The van der Waals surface area contributed by atoms with Gasteiger partial charge < -0.3 is 15.0 Å². The molecule has 1 aliphatic heterocycles. The first-order chi connectivity index (χ1) is 12.0. The van der Waals surface area contributed by atoms with Crippen LogP contribution in [0.4, 0.5) is 11.4 Å². The minimum absolute atomic E-state index is 0.0738. The van der Waals surface area contributed by atoms with Crippen molar-refractivity contribution in [2.75, 3.05) is 23.9 Å². The maximum atomic E-state index is 12.5. The van der Waals surface area contributed by atoms with Crippen LogP contribution >= 0.6 is 11.6 Å². The molecule has 25 heavy (non-hydrogen) atoms. The highest BCUT2D eigenvalue weighted by atomic mass is 35.5. The van der Waals surface area contributed by atoms with E-state index >= 15 is 0 Å². The van der Waals surface area contributed by atoms with Crippen LogP contribution in [0, 0.1) is 12.8 Å². The smallest absolute Gasteiger partial charge is 0.229 e. The molecule has 1 aliphatic rings. The van der Waals surface area contributed by atoms with Crippen molar-refractivity contribution in [3.05, 3.63) is 53.1 Å². The number of hydrogen-bond acceptors (Lipinski definition) is 3. The van der Waals surface area contributed by atoms with Crippen LogP contribution in [0.1, 0.15) is 12.0 Å². The predicted molar refractivity (Wildman–Crippen MR) is 98.3 cm³/mol. The van der Waals surface area contributed by atoms with E-state index in [-0.39, 0.29) is 18.2 Å². The molecule has 0 bridgehead atoms. The Balaban J connectivity index is 1.70. The van der Waals surface area contributed by atoms with E-state index in [0.29, 0.717) is 23.0 Å². The third kappa shape index (κ3) is 3.77. The lowest BCUT2D eigenvalue weighted by molar-refractivity contribution is -0.122. The first-order valence-corrected chi connectivity index (χ1v) is 8.37. The number of carbonyl (C=O) groups is 2. The zero-order valence-corrected chi connectivity index (χ0v) is 14.8. The van der Waals surface area contributed by atoms with Crippen LogP contribution in [0.15, 0.2) is 42.5 Å². The molecule has 1 heterocycles. The van der Waals surface area contributed by atoms with Gasteiger partial charge in [0.2, 0.25) is 11.8 Å². The molecule has 6 heteroatoms. The van der Waals surface area contributed by atoms with Gasteiger partial charge in [0.05, 0.1) is 13.0 Å². The number of anilines is 2. The summed E-state index contributed by atoms with van der Waals surface area (Å²) in [5.74, 6) is 0.0142. The van der Waals surface area contributed by atoms with Crippen LogP contribution in [0.2, 0.25) is 5.02 Å². The third-order valence-electron chi connectivity index (χ3n) is 4.30. The second kappa shape index (κ2) is 7.15. The fourth-order valence-corrected chi connectivity index (χ4v) is 3.01. The molecule has 0 aliphatic carbocycles. The average molecular weight is 359 g/mol. The maximum absolute atomic E-state index is 12.5. The Bertz CT molecular complexity index is 822. The number of halogens is 1. The average Bonchev–Trinajstić information content (AvgIpc) is 3.00. The minimum atomic E-state index is -0.404. The lowest BCUT2D eigenvalue weighted by atomic mass is 10.1. The molecule has 5 nitrogen and oxygen atoms in total. The highest BCUT2D eigenvalue weighted by Crippen LogP contribution is 2.29. The van der Waals surface area contributed by atoms with Crippen LogP contribution in [0.25, 0.3) is 0 Å². The predicted octanol–water partition coefficient (Wildman–Crippen LogP) is 3.65. The number of aryl methyl sites for hydroxylation is 1. The van der Waals surface area contributed by atoms with Gasteiger partial charge in [-0.15, -0.1) is 0 Å². The molecule has 2 aromatic rings. The summed E-state index contributed by atoms with van der Waals surface area (Å²) in [5, 5.41) is 3.44. The number of methoxy groups -OCH3 is 1. The summed E-state index contributed by atoms with van der Waals surface area (Å²) in [6.45, 7) is 2.24. The summed E-state index contributed by atoms with van der Waals surface area (Å²) < 4.78 is 5.19. The molecule has 0 aromatic heterocycles. The van der Waals surface area contributed by atoms with Gasteiger partial charge in [-0.3, -0.25) is 9.59 Å². The van der Waals surface area contributed by atoms with E-state index in [1.807, 2.05) is 31.2 Å². The maximum Gasteiger partial charge on any atom is 0.229 e. The normalized spacial score (nSPS) is 16.8. The van der Waals surface area contributed by atoms with E-state index in [2.05, 4.69) is 5.32 Å². The monoisotopic (exact) mass is 358 g/mol. The summed E-state index contributed by atoms with van der Waals surface area (Å²) in [7, 11) is 1.58. The highest BCUT2D eigenvalue weighted by Gasteiger charge is 2.35. The van der Waals surface area contributed by atoms with Crippen molar-refractivity contribution in [2.24, 2.45) is 5.92 Å². The zero-order valence-electron chi connectivity index (χ0n) is 14.1. The molecule has 130 valence electrons. The van der Waals surface area contributed by atoms with E-state index in [1.165, 1.54) is 0 Å². The Morgan fingerprint density at radius 3 is 2.80 bits per heavy atom. The molecule has 1 N–H and O–H groups in total. The second-order valence-corrected chi connectivity index (χ2v) is 6.47. The molecule has 2 aromatic carbocycles. The van der Waals surface area contributed by atoms with E-state index in [4.69, 9.17) is 16.3 Å². The van der Waals surface area contributed by atoms with Crippen LogP contribution < -0.4 is 15.0 Å². The standard InChI is InChI=1S/C19H19ClN2O3/c1-12-6-7-14(9-17(12)20)21-19(24)13-8-18(23)22(11-13)15-4-3-5-16(10-15)25-2/h3-7,9-10,13H,8,11H2,1-2H3,(H,21,24). The first kappa shape index (κ1) is 17.3. The number of ether oxygens (including phenoxy) is 1. The molecule has 0 spiro atoms. The Morgan fingerprint density at radius 1 is 1.28 bits per heavy atom. The Labute approximate surface area is 151 Å². The third-order valence-corrected chi connectivity index (χ3v) is 4.71. The quantitative estimate of drug-likeness (QED) is 0.907. The summed E-state index contributed by atoms with van der Waals surface area (Å²) in [4.78, 5) is 26.4. The number of nitrogens with one attached hydrogen (secondary N) is 1. The van der Waals surface area contributed by atoms with E-state index in [1.54, 1.807) is 30.2 Å². The fourth-order valence-electron chi connectivity index (χ4n) is 2.83. The molecular weight excluding hydrogens is 340 g/mol. The summed E-state index contributed by atoms with van der Waals surface area (Å²) >= 11 is 6.09. The van der Waals surface area contributed by atoms with Gasteiger partial charge in [0, 0.05) is 35.4 Å². The molecule has 2 amide bonds. The van der Waals surface area contributed by atoms with Gasteiger partial charge in [-0.2, -0.15) is 0 Å². The van der Waals surface area contributed by atoms with Crippen molar-refractivity contribution in [1.82, 2.24) is 0 Å². The minimum Gasteiger partial charge on any atom is -0.497 e. The second-order valence-electron chi connectivity index (χ2n) is 6.06. The number of amides is 2. The molecule has 0 radical (unpaired) electrons. The van der Waals surface area contributed by atoms with Crippen LogP contribution in [-0.4, -0.2) is 25.5 Å². The van der Waals surface area contributed by atoms with Gasteiger partial charge in [-0.05, 0) is 36.8 Å². The molecule has 1 unspecified atom stereocenters. The lowest BCUT2D eigenvalue weighted by Gasteiger charge is -2.17. The van der Waals surface area contributed by atoms with Crippen molar-refractivity contribution in [3.8, 4) is 5.75 Å². The number of hydrogen-bond donors (Lipinski definition) is 1. The van der Waals surface area contributed by atoms with Crippen molar-refractivity contribution in [1.29, 1.82) is 0 Å². The van der Waals surface area contributed by atoms with E-state index in [0.717, 1.165) is 11.3 Å². The number of benzene rings is 2. The lowest BCUT2D eigenvalue weighted by Crippen LogP contribution is -2.28. The SMILES string of the molecule is COc1cccc(N2CC(C(=O)Nc3ccc(C)c(Cl)c3)CC2=O)c1. The molecule has 0 saturated carbocycles. The van der Waals surface area contributed by atoms with Crippen LogP contribution in [-0.2, 0) is 9.59 Å². The van der Waals surface area contributed by atoms with Gasteiger partial charge >= 0.3 is 0 Å². The Morgan fingerprint density at radius 2 is 2.08 bits per heavy atom. The number of nitrogens with zero attached hydrogens (tertiary/aromatic N) is 1. The molecule has 1 saturated heterocycles. The van der Waals surface area contributed by atoms with Crippen molar-refractivity contribution in [3.63, 3.8) is 0 Å². The Hall–Kier alpha value is -2.53. The highest BCUT2D eigenvalue weighted by molar-refractivity contribution is 6.31. The number of carbonyl (C=O) groups excluding carboxylic acids is 2. The van der Waals surface area contributed by atoms with Gasteiger partial charge in [0.15, 0.2) is 0 Å². The topological polar surface area (TPSA) is 58.6 Å². The summed E-state index contributed by atoms with van der Waals surface area (Å²) in [5.41, 5.74) is 2.31. The largest absolute Gasteiger partial charge is 0.497 e. The van der Waals surface area contributed by atoms with E-state index < -0.39 is 5.92 Å². The molecule has 1 atom stereocenters. The van der Waals surface area contributed by atoms with Crippen molar-refractivity contribution >= 4 is 34.8 Å². The van der Waals surface area contributed by atoms with Crippen molar-refractivity contribution < 1.29 is 14.3 Å². The first-order valence-electron chi connectivity index (χ1n) is 7.99. The van der Waals surface area contributed by atoms with Crippen LogP contribution in [0.3, 0.4) is 0 Å². The van der Waals surface area contributed by atoms with Gasteiger partial charge in [-0.1, -0.05) is 23.7 Å². The number of rotatable bonds is 4. The van der Waals surface area contributed by atoms with Gasteiger partial charge in [0.25, 0.3) is 0 Å². The molecular formula is C19H19ClN2O3.